The second-order valence-corrected chi connectivity index (χ2v) is 8.08. The van der Waals surface area contributed by atoms with Gasteiger partial charge >= 0.3 is 0 Å². The maximum Gasteiger partial charge on any atom is 0.270 e. The Morgan fingerprint density at radius 3 is 2.41 bits per heavy atom. The summed E-state index contributed by atoms with van der Waals surface area (Å²) in [5.41, 5.74) is 1.01. The average molecular weight is 453 g/mol. The number of nitrogens with one attached hydrogen (secondary N) is 2. The summed E-state index contributed by atoms with van der Waals surface area (Å²) in [4.78, 5) is 36.2. The molecule has 0 fully saturated rings. The summed E-state index contributed by atoms with van der Waals surface area (Å²) in [5, 5.41) is 16.0. The third kappa shape index (κ3) is 6.14. The van der Waals surface area contributed by atoms with Gasteiger partial charge in [-0.2, -0.15) is 0 Å². The molecular weight excluding hydrogens is 433 g/mol. The number of nitrogens with zero attached hydrogens (tertiary/aromatic N) is 1. The van der Waals surface area contributed by atoms with Gasteiger partial charge in [-0.1, -0.05) is 19.1 Å². The number of non-ortho nitro benzene ring substituents is 1. The summed E-state index contributed by atoms with van der Waals surface area (Å²) in [6.45, 7) is 1.88. The molecule has 0 bridgehead atoms. The lowest BCUT2D eigenvalue weighted by atomic mass is 10.2. The highest BCUT2D eigenvalue weighted by molar-refractivity contribution is 8.00. The van der Waals surface area contributed by atoms with E-state index in [2.05, 4.69) is 10.6 Å². The first-order chi connectivity index (χ1) is 15.4. The number of carbonyl (C=O) groups is 2. The zero-order valence-corrected chi connectivity index (χ0v) is 17.9. The fourth-order valence-corrected chi connectivity index (χ4v) is 3.87. The molecule has 3 aromatic carbocycles. The molecule has 164 valence electrons. The maximum absolute atomic E-state index is 13.1. The Labute approximate surface area is 188 Å². The van der Waals surface area contributed by atoms with Crippen LogP contribution in [0.2, 0.25) is 0 Å². The van der Waals surface area contributed by atoms with Gasteiger partial charge in [-0.25, -0.2) is 4.39 Å². The van der Waals surface area contributed by atoms with Crippen LogP contribution in [0.5, 0.6) is 0 Å². The number of carbonyl (C=O) groups excluding carboxylic acids is 2. The van der Waals surface area contributed by atoms with Crippen molar-refractivity contribution in [2.45, 2.75) is 23.5 Å². The van der Waals surface area contributed by atoms with E-state index in [4.69, 9.17) is 0 Å². The molecule has 0 spiro atoms. The minimum atomic E-state index is -0.560. The molecule has 1 unspecified atom stereocenters. The highest BCUT2D eigenvalue weighted by Gasteiger charge is 2.19. The first-order valence-electron chi connectivity index (χ1n) is 9.74. The third-order valence-corrected chi connectivity index (χ3v) is 5.82. The summed E-state index contributed by atoms with van der Waals surface area (Å²) in [5.74, 6) is -1.07. The van der Waals surface area contributed by atoms with Crippen LogP contribution >= 0.6 is 11.8 Å². The molecule has 0 aromatic heterocycles. The molecule has 2 amide bonds. The molecule has 0 saturated heterocycles. The van der Waals surface area contributed by atoms with Crippen LogP contribution in [0, 0.1) is 15.9 Å². The van der Waals surface area contributed by atoms with E-state index in [-0.39, 0.29) is 23.0 Å². The minimum absolute atomic E-state index is 0.167. The molecule has 0 saturated carbocycles. The first kappa shape index (κ1) is 23.0. The standard InChI is InChI=1S/C23H20FN3O4S/c1-2-21(23(29)25-17-11-9-16(24)10-12-17)32-20-8-4-6-18(14-20)26-22(28)15-5-3-7-19(13-15)27(30)31/h3-14,21H,2H2,1H3,(H,25,29)(H,26,28). The molecule has 3 aromatic rings. The van der Waals surface area contributed by atoms with E-state index >= 15 is 0 Å². The van der Waals surface area contributed by atoms with Crippen molar-refractivity contribution in [3.05, 3.63) is 94.3 Å². The van der Waals surface area contributed by atoms with E-state index in [0.717, 1.165) is 4.90 Å². The molecule has 2 N–H and O–H groups in total. The quantitative estimate of drug-likeness (QED) is 0.267. The Kier molecular flexibility index (Phi) is 7.56. The molecule has 0 aliphatic carbocycles. The predicted molar refractivity (Wildman–Crippen MR) is 122 cm³/mol. The molecule has 3 rings (SSSR count). The number of hydrogen-bond donors (Lipinski definition) is 2. The van der Waals surface area contributed by atoms with E-state index in [1.807, 2.05) is 13.0 Å². The number of amides is 2. The third-order valence-electron chi connectivity index (χ3n) is 4.46. The lowest BCUT2D eigenvalue weighted by Gasteiger charge is -2.15. The fraction of sp³-hybridized carbons (Fsp3) is 0.130. The fourth-order valence-electron chi connectivity index (χ4n) is 2.85. The van der Waals surface area contributed by atoms with Gasteiger partial charge in [-0.05, 0) is 55.0 Å². The van der Waals surface area contributed by atoms with E-state index in [1.54, 1.807) is 18.2 Å². The van der Waals surface area contributed by atoms with Crippen LogP contribution in [-0.4, -0.2) is 22.0 Å². The van der Waals surface area contributed by atoms with Crippen LogP contribution in [0.1, 0.15) is 23.7 Å². The van der Waals surface area contributed by atoms with Gasteiger partial charge in [-0.3, -0.25) is 19.7 Å². The van der Waals surface area contributed by atoms with Gasteiger partial charge in [0, 0.05) is 34.0 Å². The van der Waals surface area contributed by atoms with Crippen molar-refractivity contribution in [1.82, 2.24) is 0 Å². The number of nitro benzene ring substituents is 1. The lowest BCUT2D eigenvalue weighted by Crippen LogP contribution is -2.24. The molecule has 1 atom stereocenters. The summed E-state index contributed by atoms with van der Waals surface area (Å²) < 4.78 is 13.1. The zero-order chi connectivity index (χ0) is 23.1. The molecule has 0 radical (unpaired) electrons. The zero-order valence-electron chi connectivity index (χ0n) is 17.1. The van der Waals surface area contributed by atoms with Crippen LogP contribution in [0.3, 0.4) is 0 Å². The van der Waals surface area contributed by atoms with E-state index in [9.17, 15) is 24.1 Å². The Hall–Kier alpha value is -3.72. The van der Waals surface area contributed by atoms with Crippen molar-refractivity contribution >= 4 is 40.6 Å². The van der Waals surface area contributed by atoms with Crippen molar-refractivity contribution in [2.24, 2.45) is 0 Å². The van der Waals surface area contributed by atoms with Gasteiger partial charge < -0.3 is 10.6 Å². The Morgan fingerprint density at radius 2 is 1.72 bits per heavy atom. The molecule has 0 heterocycles. The summed E-state index contributed by atoms with van der Waals surface area (Å²) in [6, 6.07) is 18.0. The number of hydrogen-bond acceptors (Lipinski definition) is 5. The van der Waals surface area contributed by atoms with Gasteiger partial charge in [0.25, 0.3) is 11.6 Å². The van der Waals surface area contributed by atoms with Crippen molar-refractivity contribution in [3.8, 4) is 0 Å². The number of nitro groups is 1. The van der Waals surface area contributed by atoms with Gasteiger partial charge in [0.1, 0.15) is 5.82 Å². The van der Waals surface area contributed by atoms with Crippen LogP contribution in [0.4, 0.5) is 21.5 Å². The number of thioether (sulfide) groups is 1. The minimum Gasteiger partial charge on any atom is -0.325 e. The Bertz CT molecular complexity index is 1140. The number of halogens is 1. The van der Waals surface area contributed by atoms with Gasteiger partial charge in [0.15, 0.2) is 0 Å². The highest BCUT2D eigenvalue weighted by Crippen LogP contribution is 2.29. The SMILES string of the molecule is CCC(Sc1cccc(NC(=O)c2cccc([N+](=O)[O-])c2)c1)C(=O)Nc1ccc(F)cc1. The second-order valence-electron chi connectivity index (χ2n) is 6.80. The highest BCUT2D eigenvalue weighted by atomic mass is 32.2. The van der Waals surface area contributed by atoms with Crippen LogP contribution in [-0.2, 0) is 4.79 Å². The van der Waals surface area contributed by atoms with Crippen molar-refractivity contribution < 1.29 is 18.9 Å². The van der Waals surface area contributed by atoms with Crippen molar-refractivity contribution in [3.63, 3.8) is 0 Å². The first-order valence-corrected chi connectivity index (χ1v) is 10.6. The van der Waals surface area contributed by atoms with Crippen molar-refractivity contribution in [1.29, 1.82) is 0 Å². The van der Waals surface area contributed by atoms with Crippen LogP contribution < -0.4 is 10.6 Å². The summed E-state index contributed by atoms with van der Waals surface area (Å²) in [7, 11) is 0. The maximum atomic E-state index is 13.1. The monoisotopic (exact) mass is 453 g/mol. The number of anilines is 2. The Morgan fingerprint density at radius 1 is 1.00 bits per heavy atom. The normalized spacial score (nSPS) is 11.4. The molecule has 0 aliphatic rings. The molecule has 7 nitrogen and oxygen atoms in total. The molecule has 0 aliphatic heterocycles. The lowest BCUT2D eigenvalue weighted by molar-refractivity contribution is -0.384. The molecule has 32 heavy (non-hydrogen) atoms. The van der Waals surface area contributed by atoms with E-state index in [0.29, 0.717) is 17.8 Å². The average Bonchev–Trinajstić information content (AvgIpc) is 2.79. The molecular formula is C23H20FN3O4S. The Balaban J connectivity index is 1.67. The summed E-state index contributed by atoms with van der Waals surface area (Å²) in [6.07, 6.45) is 0.558. The largest absolute Gasteiger partial charge is 0.325 e. The van der Waals surface area contributed by atoms with E-state index < -0.39 is 16.1 Å². The van der Waals surface area contributed by atoms with Gasteiger partial charge in [-0.15, -0.1) is 11.8 Å². The topological polar surface area (TPSA) is 101 Å². The smallest absolute Gasteiger partial charge is 0.270 e. The number of rotatable bonds is 8. The van der Waals surface area contributed by atoms with E-state index in [1.165, 1.54) is 60.3 Å². The van der Waals surface area contributed by atoms with Crippen LogP contribution in [0.25, 0.3) is 0 Å². The molecule has 9 heteroatoms. The predicted octanol–water partition coefficient (Wildman–Crippen LogP) is 5.50. The van der Waals surface area contributed by atoms with Gasteiger partial charge in [0.2, 0.25) is 5.91 Å². The second kappa shape index (κ2) is 10.5. The van der Waals surface area contributed by atoms with Crippen LogP contribution in [0.15, 0.2) is 77.7 Å². The number of benzene rings is 3. The van der Waals surface area contributed by atoms with Crippen molar-refractivity contribution in [2.75, 3.05) is 10.6 Å². The van der Waals surface area contributed by atoms with Gasteiger partial charge in [0.05, 0.1) is 10.2 Å². The summed E-state index contributed by atoms with van der Waals surface area (Å²) >= 11 is 1.34.